The van der Waals surface area contributed by atoms with Crippen molar-refractivity contribution >= 4 is 29.0 Å². The number of carbonyl (C=O) groups excluding carboxylic acids is 1. The minimum atomic E-state index is 0.00830. The number of para-hydroxylation sites is 1. The van der Waals surface area contributed by atoms with Crippen LogP contribution in [0.5, 0.6) is 0 Å². The maximum absolute atomic E-state index is 13.0. The van der Waals surface area contributed by atoms with Gasteiger partial charge in [0.2, 0.25) is 5.91 Å². The lowest BCUT2D eigenvalue weighted by atomic mass is 9.98. The third-order valence-corrected chi connectivity index (χ3v) is 6.52. The molecule has 5 rings (SSSR count). The van der Waals surface area contributed by atoms with Crippen molar-refractivity contribution in [3.8, 4) is 5.82 Å². The van der Waals surface area contributed by atoms with Gasteiger partial charge in [0.05, 0.1) is 22.3 Å². The fourth-order valence-corrected chi connectivity index (χ4v) is 4.70. The average molecular weight is 452 g/mol. The molecule has 1 aromatic carbocycles. The van der Waals surface area contributed by atoms with Gasteiger partial charge in [0.25, 0.3) is 0 Å². The minimum Gasteiger partial charge on any atom is -0.367 e. The molecule has 1 amide bonds. The molecule has 0 unspecified atom stereocenters. The minimum absolute atomic E-state index is 0.00830. The number of anilines is 2. The van der Waals surface area contributed by atoms with E-state index in [1.54, 1.807) is 6.33 Å². The molecule has 32 heavy (non-hydrogen) atoms. The normalized spacial score (nSPS) is 16.9. The monoisotopic (exact) mass is 451 g/mol. The number of hydrogen-bond donors (Lipinski definition) is 0. The van der Waals surface area contributed by atoms with Crippen molar-refractivity contribution in [2.75, 3.05) is 49.1 Å². The smallest absolute Gasteiger partial charge is 0.229 e. The molecule has 8 nitrogen and oxygen atoms in total. The second kappa shape index (κ2) is 8.43. The van der Waals surface area contributed by atoms with Crippen molar-refractivity contribution in [1.29, 1.82) is 0 Å². The van der Waals surface area contributed by atoms with E-state index in [1.165, 1.54) is 0 Å². The largest absolute Gasteiger partial charge is 0.367 e. The summed E-state index contributed by atoms with van der Waals surface area (Å²) in [5.41, 5.74) is 3.02. The van der Waals surface area contributed by atoms with Crippen molar-refractivity contribution in [3.05, 3.63) is 59.1 Å². The van der Waals surface area contributed by atoms with Gasteiger partial charge in [-0.25, -0.2) is 14.6 Å². The van der Waals surface area contributed by atoms with E-state index in [0.717, 1.165) is 59.9 Å². The molecule has 4 heterocycles. The second-order valence-electron chi connectivity index (χ2n) is 8.44. The van der Waals surface area contributed by atoms with Gasteiger partial charge in [0, 0.05) is 51.0 Å². The maximum Gasteiger partial charge on any atom is 0.229 e. The number of aryl methyl sites for hydroxylation is 2. The van der Waals surface area contributed by atoms with Crippen LogP contribution in [0, 0.1) is 19.8 Å². The summed E-state index contributed by atoms with van der Waals surface area (Å²) in [6.07, 6.45) is 1.56. The number of piperazine rings is 1. The topological polar surface area (TPSA) is 70.4 Å². The van der Waals surface area contributed by atoms with Gasteiger partial charge in [0.1, 0.15) is 12.1 Å². The van der Waals surface area contributed by atoms with Crippen LogP contribution in [-0.2, 0) is 4.79 Å². The van der Waals surface area contributed by atoms with Crippen LogP contribution in [0.4, 0.5) is 11.5 Å². The number of aromatic nitrogens is 4. The molecule has 3 aromatic rings. The number of carbonyl (C=O) groups is 1. The molecule has 2 aliphatic rings. The molecule has 2 fully saturated rings. The molecule has 0 atom stereocenters. The standard InChI is InChI=1S/C23H26ClN7O/c1-16-11-17(2)31(27-16)22-12-21(25-15-26-22)30-13-18(14-30)23(32)29-9-7-28(8-10-29)20-6-4-3-5-19(20)24/h3-6,11-12,15,18H,7-10,13-14H2,1-2H3. The first kappa shape index (κ1) is 20.8. The van der Waals surface area contributed by atoms with Crippen molar-refractivity contribution in [2.24, 2.45) is 5.92 Å². The van der Waals surface area contributed by atoms with Crippen molar-refractivity contribution in [2.45, 2.75) is 13.8 Å². The van der Waals surface area contributed by atoms with Crippen molar-refractivity contribution in [1.82, 2.24) is 24.6 Å². The summed E-state index contributed by atoms with van der Waals surface area (Å²) in [7, 11) is 0. The number of hydrogen-bond acceptors (Lipinski definition) is 6. The van der Waals surface area contributed by atoms with Gasteiger partial charge in [-0.05, 0) is 32.0 Å². The molecular weight excluding hydrogens is 426 g/mol. The second-order valence-corrected chi connectivity index (χ2v) is 8.85. The zero-order valence-corrected chi connectivity index (χ0v) is 19.0. The summed E-state index contributed by atoms with van der Waals surface area (Å²) < 4.78 is 1.82. The molecule has 2 aliphatic heterocycles. The summed E-state index contributed by atoms with van der Waals surface area (Å²) in [5, 5.41) is 5.25. The zero-order chi connectivity index (χ0) is 22.2. The Morgan fingerprint density at radius 1 is 0.969 bits per heavy atom. The number of rotatable bonds is 4. The third kappa shape index (κ3) is 3.90. The lowest BCUT2D eigenvalue weighted by Crippen LogP contribution is -2.58. The van der Waals surface area contributed by atoms with Crippen LogP contribution in [0.2, 0.25) is 5.02 Å². The van der Waals surface area contributed by atoms with E-state index < -0.39 is 0 Å². The summed E-state index contributed by atoms with van der Waals surface area (Å²) >= 11 is 6.33. The van der Waals surface area contributed by atoms with Crippen LogP contribution in [0.1, 0.15) is 11.4 Å². The number of nitrogens with zero attached hydrogens (tertiary/aromatic N) is 7. The predicted octanol–water partition coefficient (Wildman–Crippen LogP) is 2.72. The van der Waals surface area contributed by atoms with Gasteiger partial charge in [-0.2, -0.15) is 5.10 Å². The highest BCUT2D eigenvalue weighted by Crippen LogP contribution is 2.28. The SMILES string of the molecule is Cc1cc(C)n(-c2cc(N3CC(C(=O)N4CCN(c5ccccc5Cl)CC4)C3)ncn2)n1. The van der Waals surface area contributed by atoms with E-state index in [1.807, 2.05) is 59.8 Å². The molecular formula is C23H26ClN7O. The fourth-order valence-electron chi connectivity index (χ4n) is 4.44. The van der Waals surface area contributed by atoms with E-state index in [0.29, 0.717) is 13.1 Å². The van der Waals surface area contributed by atoms with Gasteiger partial charge in [-0.1, -0.05) is 23.7 Å². The first-order valence-corrected chi connectivity index (χ1v) is 11.3. The van der Waals surface area contributed by atoms with Gasteiger partial charge >= 0.3 is 0 Å². The number of halogens is 1. The van der Waals surface area contributed by atoms with Gasteiger partial charge in [-0.15, -0.1) is 0 Å². The van der Waals surface area contributed by atoms with Crippen LogP contribution in [0.3, 0.4) is 0 Å². The molecule has 166 valence electrons. The Hall–Kier alpha value is -3.13. The van der Waals surface area contributed by atoms with Crippen LogP contribution < -0.4 is 9.80 Å². The maximum atomic E-state index is 13.0. The number of benzene rings is 1. The first-order valence-electron chi connectivity index (χ1n) is 10.9. The highest BCUT2D eigenvalue weighted by molar-refractivity contribution is 6.33. The summed E-state index contributed by atoms with van der Waals surface area (Å²) in [6, 6.07) is 11.8. The predicted molar refractivity (Wildman–Crippen MR) is 125 cm³/mol. The zero-order valence-electron chi connectivity index (χ0n) is 18.3. The van der Waals surface area contributed by atoms with E-state index in [9.17, 15) is 4.79 Å². The lowest BCUT2D eigenvalue weighted by molar-refractivity contribution is -0.136. The fraction of sp³-hybridized carbons (Fsp3) is 0.391. The van der Waals surface area contributed by atoms with Crippen LogP contribution in [-0.4, -0.2) is 69.8 Å². The van der Waals surface area contributed by atoms with Crippen LogP contribution >= 0.6 is 11.6 Å². The van der Waals surface area contributed by atoms with E-state index in [4.69, 9.17) is 11.6 Å². The summed E-state index contributed by atoms with van der Waals surface area (Å²) in [6.45, 7) is 8.35. The Balaban J connectivity index is 1.18. The molecule has 2 saturated heterocycles. The summed E-state index contributed by atoms with van der Waals surface area (Å²) in [4.78, 5) is 28.1. The number of amides is 1. The van der Waals surface area contributed by atoms with Crippen molar-refractivity contribution in [3.63, 3.8) is 0 Å². The highest BCUT2D eigenvalue weighted by Gasteiger charge is 2.37. The molecule has 0 radical (unpaired) electrons. The van der Waals surface area contributed by atoms with E-state index in [-0.39, 0.29) is 11.8 Å². The van der Waals surface area contributed by atoms with Crippen LogP contribution in [0.25, 0.3) is 5.82 Å². The van der Waals surface area contributed by atoms with Gasteiger partial charge in [0.15, 0.2) is 5.82 Å². The Labute approximate surface area is 192 Å². The molecule has 0 saturated carbocycles. The third-order valence-electron chi connectivity index (χ3n) is 6.20. The molecule has 0 aliphatic carbocycles. The molecule has 0 N–H and O–H groups in total. The molecule has 0 bridgehead atoms. The molecule has 2 aromatic heterocycles. The Morgan fingerprint density at radius 3 is 2.38 bits per heavy atom. The lowest BCUT2D eigenvalue weighted by Gasteiger charge is -2.43. The van der Waals surface area contributed by atoms with E-state index >= 15 is 0 Å². The van der Waals surface area contributed by atoms with Gasteiger partial charge in [-0.3, -0.25) is 4.79 Å². The first-order chi connectivity index (χ1) is 15.5. The quantitative estimate of drug-likeness (QED) is 0.607. The average Bonchev–Trinajstić information content (AvgIpc) is 3.11. The Bertz CT molecular complexity index is 1130. The van der Waals surface area contributed by atoms with E-state index in [2.05, 4.69) is 24.9 Å². The molecule has 0 spiro atoms. The highest BCUT2D eigenvalue weighted by atomic mass is 35.5. The summed E-state index contributed by atoms with van der Waals surface area (Å²) in [5.74, 6) is 1.81. The van der Waals surface area contributed by atoms with Gasteiger partial charge < -0.3 is 14.7 Å². The Morgan fingerprint density at radius 2 is 1.69 bits per heavy atom. The molecule has 9 heteroatoms. The van der Waals surface area contributed by atoms with Crippen LogP contribution in [0.15, 0.2) is 42.7 Å². The van der Waals surface area contributed by atoms with Crippen molar-refractivity contribution < 1.29 is 4.79 Å². The Kier molecular flexibility index (Phi) is 5.46.